The second-order valence-corrected chi connectivity index (χ2v) is 5.17. The molecule has 2 atom stereocenters. The number of hydrogen-bond donors (Lipinski definition) is 2. The van der Waals surface area contributed by atoms with Crippen LogP contribution in [0.3, 0.4) is 0 Å². The molecule has 0 aromatic carbocycles. The van der Waals surface area contributed by atoms with Crippen LogP contribution in [0.25, 0.3) is 0 Å². The normalized spacial score (nSPS) is 29.9. The number of ether oxygens (including phenoxy) is 1. The van der Waals surface area contributed by atoms with E-state index in [4.69, 9.17) is 10.5 Å². The van der Waals surface area contributed by atoms with Gasteiger partial charge < -0.3 is 15.8 Å². The minimum absolute atomic E-state index is 0.317. The van der Waals surface area contributed by atoms with Crippen molar-refractivity contribution in [3.05, 3.63) is 0 Å². The zero-order chi connectivity index (χ0) is 12.8. The van der Waals surface area contributed by atoms with Crippen LogP contribution in [0, 0.1) is 0 Å². The van der Waals surface area contributed by atoms with E-state index in [-0.39, 0.29) is 0 Å². The van der Waals surface area contributed by atoms with E-state index in [1.54, 1.807) is 0 Å². The Bertz CT molecular complexity index is 276. The molecule has 0 radical (unpaired) electrons. The number of guanidine groups is 1. The molecule has 2 rings (SSSR count). The molecule has 2 aliphatic rings. The highest BCUT2D eigenvalue weighted by Gasteiger charge is 2.22. The largest absolute Gasteiger partial charge is 0.376 e. The monoisotopic (exact) mass is 254 g/mol. The summed E-state index contributed by atoms with van der Waals surface area (Å²) in [5, 5.41) is 3.17. The van der Waals surface area contributed by atoms with Crippen molar-refractivity contribution in [1.29, 1.82) is 0 Å². The minimum atomic E-state index is 0.317. The molecule has 0 aromatic heterocycles. The number of nitrogens with zero attached hydrogens (tertiary/aromatic N) is 2. The second kappa shape index (κ2) is 6.95. The van der Waals surface area contributed by atoms with E-state index in [1.807, 2.05) is 0 Å². The summed E-state index contributed by atoms with van der Waals surface area (Å²) < 4.78 is 5.53. The van der Waals surface area contributed by atoms with Gasteiger partial charge in [-0.05, 0) is 38.8 Å². The van der Waals surface area contributed by atoms with Crippen LogP contribution in [0.1, 0.15) is 32.6 Å². The summed E-state index contributed by atoms with van der Waals surface area (Å²) in [6.07, 6.45) is 5.15. The molecule has 2 heterocycles. The van der Waals surface area contributed by atoms with Crippen molar-refractivity contribution >= 4 is 5.96 Å². The second-order valence-electron chi connectivity index (χ2n) is 5.17. The van der Waals surface area contributed by atoms with Gasteiger partial charge in [0.2, 0.25) is 0 Å². The zero-order valence-electron chi connectivity index (χ0n) is 11.4. The third-order valence-electron chi connectivity index (χ3n) is 3.91. The molecule has 2 saturated heterocycles. The predicted molar refractivity (Wildman–Crippen MR) is 73.7 cm³/mol. The van der Waals surface area contributed by atoms with Gasteiger partial charge in [-0.1, -0.05) is 6.92 Å². The van der Waals surface area contributed by atoms with E-state index in [0.717, 1.165) is 39.1 Å². The third kappa shape index (κ3) is 3.85. The Morgan fingerprint density at radius 1 is 1.44 bits per heavy atom. The van der Waals surface area contributed by atoms with E-state index in [9.17, 15) is 0 Å². The molecule has 0 aliphatic carbocycles. The number of nitrogens with one attached hydrogen (secondary N) is 1. The van der Waals surface area contributed by atoms with Gasteiger partial charge in [-0.25, -0.2) is 0 Å². The molecule has 5 heteroatoms. The van der Waals surface area contributed by atoms with Crippen LogP contribution in [0.4, 0.5) is 0 Å². The Morgan fingerprint density at radius 2 is 2.33 bits per heavy atom. The first-order chi connectivity index (χ1) is 8.79. The Hall–Kier alpha value is -0.810. The van der Waals surface area contributed by atoms with Gasteiger partial charge in [-0.3, -0.25) is 9.89 Å². The lowest BCUT2D eigenvalue weighted by atomic mass is 10.2. The molecule has 0 bridgehead atoms. The number of hydrogen-bond acceptors (Lipinski definition) is 3. The first-order valence-electron chi connectivity index (χ1n) is 7.19. The van der Waals surface area contributed by atoms with Crippen LogP contribution in [-0.4, -0.2) is 55.8 Å². The molecule has 3 N–H and O–H groups in total. The third-order valence-corrected chi connectivity index (χ3v) is 3.91. The van der Waals surface area contributed by atoms with Crippen molar-refractivity contribution < 1.29 is 4.74 Å². The van der Waals surface area contributed by atoms with Crippen LogP contribution < -0.4 is 11.1 Å². The van der Waals surface area contributed by atoms with E-state index >= 15 is 0 Å². The van der Waals surface area contributed by atoms with Crippen molar-refractivity contribution in [3.8, 4) is 0 Å². The van der Waals surface area contributed by atoms with Gasteiger partial charge in [-0.15, -0.1) is 0 Å². The average Bonchev–Trinajstić information content (AvgIpc) is 3.04. The molecule has 0 unspecified atom stereocenters. The molecule has 2 fully saturated rings. The summed E-state index contributed by atoms with van der Waals surface area (Å²) in [5.41, 5.74) is 5.88. The summed E-state index contributed by atoms with van der Waals surface area (Å²) in [4.78, 5) is 6.93. The number of rotatable bonds is 5. The van der Waals surface area contributed by atoms with Gasteiger partial charge in [-0.2, -0.15) is 0 Å². The number of nitrogens with two attached hydrogens (primary N) is 1. The van der Waals surface area contributed by atoms with Gasteiger partial charge >= 0.3 is 0 Å². The fourth-order valence-corrected chi connectivity index (χ4v) is 2.80. The topological polar surface area (TPSA) is 62.9 Å². The lowest BCUT2D eigenvalue weighted by Gasteiger charge is -2.21. The fraction of sp³-hybridized carbons (Fsp3) is 0.923. The number of aliphatic imine (C=N–C) groups is 1. The van der Waals surface area contributed by atoms with Crippen LogP contribution in [-0.2, 0) is 4.74 Å². The van der Waals surface area contributed by atoms with Gasteiger partial charge in [0.1, 0.15) is 0 Å². The lowest BCUT2D eigenvalue weighted by Crippen LogP contribution is -2.39. The van der Waals surface area contributed by atoms with E-state index in [0.29, 0.717) is 18.1 Å². The van der Waals surface area contributed by atoms with Crippen molar-refractivity contribution in [2.75, 3.05) is 32.8 Å². The highest BCUT2D eigenvalue weighted by atomic mass is 16.5. The van der Waals surface area contributed by atoms with Crippen molar-refractivity contribution in [2.45, 2.75) is 44.8 Å². The van der Waals surface area contributed by atoms with Crippen LogP contribution in [0.2, 0.25) is 0 Å². The summed E-state index contributed by atoms with van der Waals surface area (Å²) in [6, 6.07) is 0.582. The molecule has 104 valence electrons. The maximum absolute atomic E-state index is 5.88. The SMILES string of the molecule is CCN1CCC[C@H]1CN=C(N)NC[C@@H]1CCCO1. The Morgan fingerprint density at radius 3 is 3.06 bits per heavy atom. The maximum Gasteiger partial charge on any atom is 0.188 e. The molecule has 5 nitrogen and oxygen atoms in total. The van der Waals surface area contributed by atoms with Gasteiger partial charge in [0.15, 0.2) is 5.96 Å². The Balaban J connectivity index is 1.67. The lowest BCUT2D eigenvalue weighted by molar-refractivity contribution is 0.114. The van der Waals surface area contributed by atoms with Crippen molar-refractivity contribution in [2.24, 2.45) is 10.7 Å². The van der Waals surface area contributed by atoms with E-state index in [2.05, 4.69) is 22.1 Å². The van der Waals surface area contributed by atoms with E-state index < -0.39 is 0 Å². The molecule has 0 saturated carbocycles. The zero-order valence-corrected chi connectivity index (χ0v) is 11.4. The van der Waals surface area contributed by atoms with Crippen molar-refractivity contribution in [1.82, 2.24) is 10.2 Å². The van der Waals surface area contributed by atoms with Crippen LogP contribution >= 0.6 is 0 Å². The summed E-state index contributed by atoms with van der Waals surface area (Å²) in [5.74, 6) is 0.563. The quantitative estimate of drug-likeness (QED) is 0.556. The molecule has 18 heavy (non-hydrogen) atoms. The average molecular weight is 254 g/mol. The van der Waals surface area contributed by atoms with Gasteiger partial charge in [0.25, 0.3) is 0 Å². The van der Waals surface area contributed by atoms with Crippen molar-refractivity contribution in [3.63, 3.8) is 0 Å². The molecule has 0 aromatic rings. The summed E-state index contributed by atoms with van der Waals surface area (Å²) >= 11 is 0. The highest BCUT2D eigenvalue weighted by Crippen LogP contribution is 2.16. The first-order valence-corrected chi connectivity index (χ1v) is 7.19. The Labute approximate surface area is 110 Å². The standard InChI is InChI=1S/C13H26N4O/c1-2-17-7-3-5-11(17)9-15-13(14)16-10-12-6-4-8-18-12/h11-12H,2-10H2,1H3,(H3,14,15,16)/t11-,12-/m0/s1. The van der Waals surface area contributed by atoms with Gasteiger partial charge in [0, 0.05) is 19.2 Å². The number of likely N-dealkylation sites (N-methyl/N-ethyl adjacent to an activating group) is 1. The predicted octanol–water partition coefficient (Wildman–Crippen LogP) is 0.554. The molecule has 2 aliphatic heterocycles. The molecule has 0 spiro atoms. The van der Waals surface area contributed by atoms with Gasteiger partial charge in [0.05, 0.1) is 12.6 Å². The van der Waals surface area contributed by atoms with Crippen LogP contribution in [0.5, 0.6) is 0 Å². The minimum Gasteiger partial charge on any atom is -0.376 e. The first kappa shape index (κ1) is 13.6. The number of likely N-dealkylation sites (tertiary alicyclic amines) is 1. The fourth-order valence-electron chi connectivity index (χ4n) is 2.80. The van der Waals surface area contributed by atoms with E-state index in [1.165, 1.54) is 19.4 Å². The maximum atomic E-state index is 5.88. The molecular weight excluding hydrogens is 228 g/mol. The van der Waals surface area contributed by atoms with Crippen LogP contribution in [0.15, 0.2) is 4.99 Å². The Kier molecular flexibility index (Phi) is 5.26. The smallest absolute Gasteiger partial charge is 0.188 e. The molecule has 0 amide bonds. The highest BCUT2D eigenvalue weighted by molar-refractivity contribution is 5.77. The summed E-state index contributed by atoms with van der Waals surface area (Å²) in [6.45, 7) is 7.02. The summed E-state index contributed by atoms with van der Waals surface area (Å²) in [7, 11) is 0. The molecular formula is C13H26N4O.